The molecule has 0 saturated carbocycles. The first-order valence-electron chi connectivity index (χ1n) is 8.61. The molecule has 0 amide bonds. The SMILES string of the molecule is Cc1cc(N[C@H]2CCCN(C)C2)nnc1-c1ccc2sccc2c1O. The standard InChI is InChI=1S/C19H22N4OS/c1-12-10-17(20-13-4-3-8-23(2)11-13)21-22-18(12)15-5-6-16-14(19(15)24)7-9-25-16/h5-7,9-10,13,24H,3-4,8,11H2,1-2H3,(H,20,21)/t13-/m0/s1. The van der Waals surface area contributed by atoms with Crippen LogP contribution in [0.3, 0.4) is 0 Å². The Kier molecular flexibility index (Phi) is 4.31. The largest absolute Gasteiger partial charge is 0.507 e. The van der Waals surface area contributed by atoms with E-state index in [1.165, 1.54) is 6.42 Å². The summed E-state index contributed by atoms with van der Waals surface area (Å²) in [5, 5.41) is 25.7. The molecule has 2 N–H and O–H groups in total. The van der Waals surface area contributed by atoms with E-state index in [1.807, 2.05) is 36.6 Å². The Balaban J connectivity index is 1.61. The first kappa shape index (κ1) is 16.3. The molecule has 0 radical (unpaired) electrons. The van der Waals surface area contributed by atoms with Crippen LogP contribution in [0, 0.1) is 6.92 Å². The van der Waals surface area contributed by atoms with Crippen molar-refractivity contribution in [3.8, 4) is 17.0 Å². The third-order valence-corrected chi connectivity index (χ3v) is 5.70. The molecule has 3 heterocycles. The van der Waals surface area contributed by atoms with Crippen molar-refractivity contribution in [3.05, 3.63) is 35.2 Å². The van der Waals surface area contributed by atoms with Crippen LogP contribution in [0.15, 0.2) is 29.6 Å². The molecular formula is C19H22N4OS. The molecule has 0 spiro atoms. The third-order valence-electron chi connectivity index (χ3n) is 4.82. The Bertz CT molecular complexity index is 908. The van der Waals surface area contributed by atoms with Crippen LogP contribution in [0.2, 0.25) is 0 Å². The Morgan fingerprint density at radius 1 is 1.28 bits per heavy atom. The van der Waals surface area contributed by atoms with E-state index in [0.29, 0.717) is 6.04 Å². The summed E-state index contributed by atoms with van der Waals surface area (Å²) in [4.78, 5) is 2.34. The molecule has 5 nitrogen and oxygen atoms in total. The van der Waals surface area contributed by atoms with E-state index in [-0.39, 0.29) is 5.75 Å². The van der Waals surface area contributed by atoms with Crippen LogP contribution in [0.5, 0.6) is 5.75 Å². The summed E-state index contributed by atoms with van der Waals surface area (Å²) in [6.07, 6.45) is 2.36. The molecule has 1 fully saturated rings. The number of thiophene rings is 1. The number of anilines is 1. The summed E-state index contributed by atoms with van der Waals surface area (Å²) >= 11 is 1.62. The zero-order valence-electron chi connectivity index (χ0n) is 14.5. The molecule has 6 heteroatoms. The van der Waals surface area contributed by atoms with E-state index in [2.05, 4.69) is 27.5 Å². The maximum atomic E-state index is 10.6. The molecule has 1 aromatic carbocycles. The van der Waals surface area contributed by atoms with E-state index in [0.717, 1.165) is 52.2 Å². The zero-order chi connectivity index (χ0) is 17.4. The van der Waals surface area contributed by atoms with E-state index in [1.54, 1.807) is 11.3 Å². The number of hydrogen-bond donors (Lipinski definition) is 2. The molecule has 1 aliphatic rings. The number of phenolic OH excluding ortho intramolecular Hbond substituents is 1. The van der Waals surface area contributed by atoms with E-state index in [4.69, 9.17) is 0 Å². The number of likely N-dealkylation sites (N-methyl/N-ethyl adjacent to an activating group) is 1. The number of aromatic hydroxyl groups is 1. The number of likely N-dealkylation sites (tertiary alicyclic amines) is 1. The van der Waals surface area contributed by atoms with Gasteiger partial charge in [0.1, 0.15) is 11.6 Å². The van der Waals surface area contributed by atoms with Gasteiger partial charge in [-0.15, -0.1) is 21.5 Å². The number of piperidine rings is 1. The van der Waals surface area contributed by atoms with E-state index in [9.17, 15) is 5.11 Å². The van der Waals surface area contributed by atoms with Gasteiger partial charge >= 0.3 is 0 Å². The second kappa shape index (κ2) is 6.61. The molecule has 2 aromatic heterocycles. The fourth-order valence-electron chi connectivity index (χ4n) is 3.54. The van der Waals surface area contributed by atoms with Gasteiger partial charge in [0.15, 0.2) is 0 Å². The maximum Gasteiger partial charge on any atom is 0.149 e. The van der Waals surface area contributed by atoms with Crippen LogP contribution >= 0.6 is 11.3 Å². The van der Waals surface area contributed by atoms with Crippen molar-refractivity contribution >= 4 is 27.2 Å². The van der Waals surface area contributed by atoms with Crippen molar-refractivity contribution in [2.45, 2.75) is 25.8 Å². The predicted octanol–water partition coefficient (Wildman–Crippen LogP) is 3.88. The highest BCUT2D eigenvalue weighted by atomic mass is 32.1. The van der Waals surface area contributed by atoms with E-state index >= 15 is 0 Å². The first-order valence-corrected chi connectivity index (χ1v) is 9.49. The number of benzene rings is 1. The Labute approximate surface area is 151 Å². The lowest BCUT2D eigenvalue weighted by Crippen LogP contribution is -2.39. The summed E-state index contributed by atoms with van der Waals surface area (Å²) in [5.74, 6) is 1.09. The average molecular weight is 354 g/mol. The highest BCUT2D eigenvalue weighted by Gasteiger charge is 2.18. The van der Waals surface area contributed by atoms with Crippen LogP contribution in [0.25, 0.3) is 21.3 Å². The lowest BCUT2D eigenvalue weighted by molar-refractivity contribution is 0.260. The molecular weight excluding hydrogens is 332 g/mol. The van der Waals surface area contributed by atoms with Crippen LogP contribution < -0.4 is 5.32 Å². The van der Waals surface area contributed by atoms with Crippen LogP contribution in [0.1, 0.15) is 18.4 Å². The normalized spacial score (nSPS) is 18.6. The fourth-order valence-corrected chi connectivity index (χ4v) is 4.32. The maximum absolute atomic E-state index is 10.6. The van der Waals surface area contributed by atoms with Crippen LogP contribution in [0.4, 0.5) is 5.82 Å². The smallest absolute Gasteiger partial charge is 0.149 e. The molecule has 0 aliphatic carbocycles. The number of phenols is 1. The summed E-state index contributed by atoms with van der Waals surface area (Å²) in [7, 11) is 2.15. The minimum absolute atomic E-state index is 0.283. The first-order chi connectivity index (χ1) is 12.1. The number of aromatic nitrogens is 2. The van der Waals surface area contributed by atoms with Crippen molar-refractivity contribution in [3.63, 3.8) is 0 Å². The van der Waals surface area contributed by atoms with E-state index < -0.39 is 0 Å². The minimum atomic E-state index is 0.283. The second-order valence-corrected chi connectivity index (χ2v) is 7.75. The van der Waals surface area contributed by atoms with Gasteiger partial charge in [-0.2, -0.15) is 0 Å². The van der Waals surface area contributed by atoms with Gasteiger partial charge in [0.05, 0.1) is 5.69 Å². The zero-order valence-corrected chi connectivity index (χ0v) is 15.3. The van der Waals surface area contributed by atoms with Gasteiger partial charge in [-0.05, 0) is 68.6 Å². The minimum Gasteiger partial charge on any atom is -0.507 e. The topological polar surface area (TPSA) is 61.3 Å². The van der Waals surface area contributed by atoms with Crippen LogP contribution in [-0.2, 0) is 0 Å². The van der Waals surface area contributed by atoms with Crippen molar-refractivity contribution in [2.24, 2.45) is 0 Å². The molecule has 3 aromatic rings. The van der Waals surface area contributed by atoms with Crippen molar-refractivity contribution in [1.29, 1.82) is 0 Å². The highest BCUT2D eigenvalue weighted by Crippen LogP contribution is 2.38. The number of hydrogen-bond acceptors (Lipinski definition) is 6. The van der Waals surface area contributed by atoms with Crippen molar-refractivity contribution in [1.82, 2.24) is 15.1 Å². The number of rotatable bonds is 3. The number of nitrogens with zero attached hydrogens (tertiary/aromatic N) is 3. The molecule has 4 rings (SSSR count). The molecule has 130 valence electrons. The van der Waals surface area contributed by atoms with Gasteiger partial charge in [0.25, 0.3) is 0 Å². The predicted molar refractivity (Wildman–Crippen MR) is 103 cm³/mol. The Morgan fingerprint density at radius 2 is 2.16 bits per heavy atom. The van der Waals surface area contributed by atoms with Gasteiger partial charge < -0.3 is 15.3 Å². The average Bonchev–Trinajstić information content (AvgIpc) is 3.06. The van der Waals surface area contributed by atoms with Gasteiger partial charge in [0, 0.05) is 28.2 Å². The third kappa shape index (κ3) is 3.19. The van der Waals surface area contributed by atoms with Gasteiger partial charge in [-0.3, -0.25) is 0 Å². The summed E-state index contributed by atoms with van der Waals surface area (Å²) in [6.45, 7) is 4.20. The molecule has 25 heavy (non-hydrogen) atoms. The lowest BCUT2D eigenvalue weighted by atomic mass is 10.0. The number of aryl methyl sites for hydroxylation is 1. The van der Waals surface area contributed by atoms with Crippen molar-refractivity contribution < 1.29 is 5.11 Å². The highest BCUT2D eigenvalue weighted by molar-refractivity contribution is 7.17. The number of fused-ring (bicyclic) bond motifs is 1. The second-order valence-electron chi connectivity index (χ2n) is 6.80. The van der Waals surface area contributed by atoms with Gasteiger partial charge in [0.2, 0.25) is 0 Å². The molecule has 1 saturated heterocycles. The number of nitrogens with one attached hydrogen (secondary N) is 1. The molecule has 1 aliphatic heterocycles. The molecule has 0 bridgehead atoms. The fraction of sp³-hybridized carbons (Fsp3) is 0.368. The monoisotopic (exact) mass is 354 g/mol. The summed E-state index contributed by atoms with van der Waals surface area (Å²) < 4.78 is 1.08. The van der Waals surface area contributed by atoms with Gasteiger partial charge in [-0.25, -0.2) is 0 Å². The molecule has 1 atom stereocenters. The quantitative estimate of drug-likeness (QED) is 0.747. The Morgan fingerprint density at radius 3 is 2.96 bits per heavy atom. The molecule has 0 unspecified atom stereocenters. The van der Waals surface area contributed by atoms with Crippen LogP contribution in [-0.4, -0.2) is 46.4 Å². The summed E-state index contributed by atoms with van der Waals surface area (Å²) in [5.41, 5.74) is 2.48. The van der Waals surface area contributed by atoms with Gasteiger partial charge in [-0.1, -0.05) is 0 Å². The lowest BCUT2D eigenvalue weighted by Gasteiger charge is -2.30. The summed E-state index contributed by atoms with van der Waals surface area (Å²) in [6, 6.07) is 8.33. The van der Waals surface area contributed by atoms with Crippen molar-refractivity contribution in [2.75, 3.05) is 25.5 Å². The Hall–Kier alpha value is -2.18.